The number of hydrogen-bond donors (Lipinski definition) is 1. The van der Waals surface area contributed by atoms with Crippen LogP contribution < -0.4 is 4.72 Å². The average Bonchev–Trinajstić information content (AvgIpc) is 2.45. The van der Waals surface area contributed by atoms with E-state index in [1.54, 1.807) is 30.3 Å². The molecule has 0 aliphatic heterocycles. The van der Waals surface area contributed by atoms with Gasteiger partial charge in [-0.25, -0.2) is 13.1 Å². The van der Waals surface area contributed by atoms with Crippen molar-refractivity contribution < 1.29 is 8.42 Å². The Morgan fingerprint density at radius 3 is 2.23 bits per heavy atom. The Hall–Kier alpha value is -1.36. The number of rotatable bonds is 4. The quantitative estimate of drug-likeness (QED) is 0.912. The fourth-order valence-corrected chi connectivity index (χ4v) is 3.27. The van der Waals surface area contributed by atoms with Gasteiger partial charge in [-0.05, 0) is 40.8 Å². The van der Waals surface area contributed by atoms with Crippen molar-refractivity contribution in [3.05, 3.63) is 64.7 Å². The number of sulfonamides is 1. The summed E-state index contributed by atoms with van der Waals surface area (Å²) in [5.41, 5.74) is 1.92. The lowest BCUT2D eigenvalue weighted by molar-refractivity contribution is 0.578. The van der Waals surface area contributed by atoms with Gasteiger partial charge in [-0.3, -0.25) is 0 Å². The first-order valence-corrected chi connectivity index (χ1v) is 8.89. The van der Waals surface area contributed by atoms with Crippen LogP contribution in [-0.2, 0) is 22.0 Å². The second-order valence-electron chi connectivity index (χ2n) is 6.23. The van der Waals surface area contributed by atoms with Crippen LogP contribution in [0.2, 0.25) is 5.02 Å². The third kappa shape index (κ3) is 4.32. The normalized spacial score (nSPS) is 12.4. The first-order valence-electron chi connectivity index (χ1n) is 7.03. The highest BCUT2D eigenvalue weighted by atomic mass is 35.5. The highest BCUT2D eigenvalue weighted by molar-refractivity contribution is 7.89. The molecule has 0 amide bonds. The fourth-order valence-electron chi connectivity index (χ4n) is 2.04. The molecular formula is C17H20ClNO2S. The molecule has 118 valence electrons. The van der Waals surface area contributed by atoms with E-state index in [-0.39, 0.29) is 16.9 Å². The molecular weight excluding hydrogens is 318 g/mol. The Labute approximate surface area is 137 Å². The van der Waals surface area contributed by atoms with E-state index < -0.39 is 10.0 Å². The van der Waals surface area contributed by atoms with Gasteiger partial charge in [0.1, 0.15) is 0 Å². The molecule has 0 saturated heterocycles. The van der Waals surface area contributed by atoms with E-state index >= 15 is 0 Å². The summed E-state index contributed by atoms with van der Waals surface area (Å²) >= 11 is 5.89. The molecule has 0 aliphatic carbocycles. The lowest BCUT2D eigenvalue weighted by Crippen LogP contribution is -2.23. The Morgan fingerprint density at radius 2 is 1.68 bits per heavy atom. The standard InChI is InChI=1S/C17H20ClNO2S/c1-17(2,3)14-7-9-16(10-8-14)22(20,21)19-12-13-5-4-6-15(18)11-13/h4-11,19H,12H2,1-3H3. The molecule has 0 fully saturated rings. The van der Waals surface area contributed by atoms with Gasteiger partial charge in [0.2, 0.25) is 10.0 Å². The van der Waals surface area contributed by atoms with Crippen molar-refractivity contribution in [3.8, 4) is 0 Å². The Morgan fingerprint density at radius 1 is 1.05 bits per heavy atom. The molecule has 3 nitrogen and oxygen atoms in total. The van der Waals surface area contributed by atoms with E-state index in [9.17, 15) is 8.42 Å². The van der Waals surface area contributed by atoms with Crippen molar-refractivity contribution in [1.29, 1.82) is 0 Å². The van der Waals surface area contributed by atoms with Crippen molar-refractivity contribution in [3.63, 3.8) is 0 Å². The predicted octanol–water partition coefficient (Wildman–Crippen LogP) is 4.12. The number of benzene rings is 2. The highest BCUT2D eigenvalue weighted by Gasteiger charge is 2.17. The van der Waals surface area contributed by atoms with Crippen LogP contribution in [0.25, 0.3) is 0 Å². The number of hydrogen-bond acceptors (Lipinski definition) is 2. The fraction of sp³-hybridized carbons (Fsp3) is 0.294. The summed E-state index contributed by atoms with van der Waals surface area (Å²) in [5.74, 6) is 0. The molecule has 0 aliphatic rings. The first kappa shape index (κ1) is 17.0. The molecule has 0 bridgehead atoms. The zero-order valence-electron chi connectivity index (χ0n) is 12.9. The molecule has 1 N–H and O–H groups in total. The zero-order valence-corrected chi connectivity index (χ0v) is 14.5. The average molecular weight is 338 g/mol. The van der Waals surface area contributed by atoms with Crippen molar-refractivity contribution in [1.82, 2.24) is 4.72 Å². The summed E-state index contributed by atoms with van der Waals surface area (Å²) in [5, 5.41) is 0.589. The molecule has 0 unspecified atom stereocenters. The summed E-state index contributed by atoms with van der Waals surface area (Å²) < 4.78 is 27.2. The summed E-state index contributed by atoms with van der Waals surface area (Å²) in [6.07, 6.45) is 0. The molecule has 0 atom stereocenters. The summed E-state index contributed by atoms with van der Waals surface area (Å²) in [7, 11) is -3.53. The Kier molecular flexibility index (Phi) is 4.95. The van der Waals surface area contributed by atoms with E-state index in [0.717, 1.165) is 11.1 Å². The minimum atomic E-state index is -3.53. The molecule has 0 heterocycles. The highest BCUT2D eigenvalue weighted by Crippen LogP contribution is 2.23. The van der Waals surface area contributed by atoms with Crippen LogP contribution in [-0.4, -0.2) is 8.42 Å². The van der Waals surface area contributed by atoms with E-state index in [1.807, 2.05) is 18.2 Å². The molecule has 0 saturated carbocycles. The largest absolute Gasteiger partial charge is 0.240 e. The lowest BCUT2D eigenvalue weighted by atomic mass is 9.87. The van der Waals surface area contributed by atoms with Gasteiger partial charge < -0.3 is 0 Å². The maximum Gasteiger partial charge on any atom is 0.240 e. The second kappa shape index (κ2) is 6.41. The Bertz CT molecular complexity index is 747. The van der Waals surface area contributed by atoms with Crippen LogP contribution in [0.3, 0.4) is 0 Å². The molecule has 0 spiro atoms. The topological polar surface area (TPSA) is 46.2 Å². The third-order valence-corrected chi connectivity index (χ3v) is 5.04. The molecule has 5 heteroatoms. The van der Waals surface area contributed by atoms with Crippen LogP contribution in [0, 0.1) is 0 Å². The van der Waals surface area contributed by atoms with Crippen LogP contribution in [0.4, 0.5) is 0 Å². The van der Waals surface area contributed by atoms with Crippen molar-refractivity contribution in [2.24, 2.45) is 0 Å². The maximum absolute atomic E-state index is 12.3. The van der Waals surface area contributed by atoms with Crippen LogP contribution in [0.5, 0.6) is 0 Å². The summed E-state index contributed by atoms with van der Waals surface area (Å²) in [4.78, 5) is 0.266. The van der Waals surface area contributed by atoms with Gasteiger partial charge in [0.15, 0.2) is 0 Å². The van der Waals surface area contributed by atoms with Crippen LogP contribution >= 0.6 is 11.6 Å². The van der Waals surface area contributed by atoms with Crippen molar-refractivity contribution in [2.45, 2.75) is 37.6 Å². The maximum atomic E-state index is 12.3. The SMILES string of the molecule is CC(C)(C)c1ccc(S(=O)(=O)NCc2cccc(Cl)c2)cc1. The Balaban J connectivity index is 2.13. The molecule has 0 radical (unpaired) electrons. The van der Waals surface area contributed by atoms with E-state index in [4.69, 9.17) is 11.6 Å². The van der Waals surface area contributed by atoms with Crippen molar-refractivity contribution in [2.75, 3.05) is 0 Å². The third-order valence-electron chi connectivity index (χ3n) is 3.39. The lowest BCUT2D eigenvalue weighted by Gasteiger charge is -2.19. The van der Waals surface area contributed by atoms with E-state index in [1.165, 1.54) is 0 Å². The van der Waals surface area contributed by atoms with Crippen LogP contribution in [0.1, 0.15) is 31.9 Å². The summed E-state index contributed by atoms with van der Waals surface area (Å²) in [6, 6.07) is 14.1. The number of halogens is 1. The number of nitrogens with one attached hydrogen (secondary N) is 1. The first-order chi connectivity index (χ1) is 10.2. The smallest absolute Gasteiger partial charge is 0.207 e. The minimum absolute atomic E-state index is 0.00346. The second-order valence-corrected chi connectivity index (χ2v) is 8.43. The molecule has 0 aromatic heterocycles. The van der Waals surface area contributed by atoms with Gasteiger partial charge in [0.05, 0.1) is 4.90 Å². The molecule has 22 heavy (non-hydrogen) atoms. The predicted molar refractivity (Wildman–Crippen MR) is 90.6 cm³/mol. The van der Waals surface area contributed by atoms with Gasteiger partial charge in [-0.2, -0.15) is 0 Å². The molecule has 2 aromatic rings. The van der Waals surface area contributed by atoms with Gasteiger partial charge in [-0.1, -0.05) is 56.6 Å². The monoisotopic (exact) mass is 337 g/mol. The summed E-state index contributed by atoms with van der Waals surface area (Å²) in [6.45, 7) is 6.49. The van der Waals surface area contributed by atoms with Gasteiger partial charge in [0.25, 0.3) is 0 Å². The van der Waals surface area contributed by atoms with Crippen molar-refractivity contribution >= 4 is 21.6 Å². The van der Waals surface area contributed by atoms with Crippen LogP contribution in [0.15, 0.2) is 53.4 Å². The molecule has 2 aromatic carbocycles. The molecule has 2 rings (SSSR count). The van der Waals surface area contributed by atoms with E-state index in [0.29, 0.717) is 5.02 Å². The van der Waals surface area contributed by atoms with E-state index in [2.05, 4.69) is 25.5 Å². The van der Waals surface area contributed by atoms with Gasteiger partial charge >= 0.3 is 0 Å². The van der Waals surface area contributed by atoms with Gasteiger partial charge in [0, 0.05) is 11.6 Å². The van der Waals surface area contributed by atoms with Gasteiger partial charge in [-0.15, -0.1) is 0 Å². The minimum Gasteiger partial charge on any atom is -0.207 e. The zero-order chi connectivity index (χ0) is 16.4.